The van der Waals surface area contributed by atoms with Crippen LogP contribution >= 0.6 is 0 Å². The van der Waals surface area contributed by atoms with Crippen molar-refractivity contribution in [3.8, 4) is 0 Å². The second kappa shape index (κ2) is 3.23. The van der Waals surface area contributed by atoms with Crippen molar-refractivity contribution in [2.75, 3.05) is 32.8 Å². The predicted molar refractivity (Wildman–Crippen MR) is 50.7 cm³/mol. The van der Waals surface area contributed by atoms with Crippen LogP contribution in [0.3, 0.4) is 0 Å². The first-order valence-corrected chi connectivity index (χ1v) is 5.49. The van der Waals surface area contributed by atoms with Gasteiger partial charge in [-0.1, -0.05) is 0 Å². The number of rotatable bonds is 1. The Kier molecular flexibility index (Phi) is 2.04. The number of ether oxygens (including phenoxy) is 1. The molecule has 3 heterocycles. The van der Waals surface area contributed by atoms with Gasteiger partial charge in [-0.3, -0.25) is 4.90 Å². The third-order valence-corrected chi connectivity index (χ3v) is 3.81. The van der Waals surface area contributed by atoms with Gasteiger partial charge in [-0.15, -0.1) is 0 Å². The lowest BCUT2D eigenvalue weighted by molar-refractivity contribution is 0.0467. The van der Waals surface area contributed by atoms with Gasteiger partial charge < -0.3 is 10.1 Å². The third-order valence-electron chi connectivity index (χ3n) is 3.81. The zero-order valence-corrected chi connectivity index (χ0v) is 8.04. The fourth-order valence-corrected chi connectivity index (χ4v) is 2.89. The van der Waals surface area contributed by atoms with E-state index in [0.29, 0.717) is 0 Å². The minimum Gasteiger partial charge on any atom is -0.379 e. The summed E-state index contributed by atoms with van der Waals surface area (Å²) in [6.45, 7) is 5.70. The van der Waals surface area contributed by atoms with Gasteiger partial charge in [-0.25, -0.2) is 0 Å². The normalized spacial score (nSPS) is 41.5. The fourth-order valence-electron chi connectivity index (χ4n) is 2.89. The maximum Gasteiger partial charge on any atom is 0.0625 e. The molecule has 3 fully saturated rings. The van der Waals surface area contributed by atoms with Crippen molar-refractivity contribution in [1.82, 2.24) is 10.2 Å². The lowest BCUT2D eigenvalue weighted by Crippen LogP contribution is -2.62. The van der Waals surface area contributed by atoms with Crippen LogP contribution in [-0.4, -0.2) is 49.8 Å². The van der Waals surface area contributed by atoms with E-state index >= 15 is 0 Å². The summed E-state index contributed by atoms with van der Waals surface area (Å²) in [5.74, 6) is 0.842. The molecule has 13 heavy (non-hydrogen) atoms. The molecule has 3 heteroatoms. The molecule has 0 saturated carbocycles. The topological polar surface area (TPSA) is 24.5 Å². The Labute approximate surface area is 79.4 Å². The summed E-state index contributed by atoms with van der Waals surface area (Å²) < 4.78 is 5.58. The van der Waals surface area contributed by atoms with E-state index < -0.39 is 0 Å². The second-order valence-electron chi connectivity index (χ2n) is 4.56. The molecule has 0 radical (unpaired) electrons. The average molecular weight is 182 g/mol. The monoisotopic (exact) mass is 182 g/mol. The molecule has 3 nitrogen and oxygen atoms in total. The van der Waals surface area contributed by atoms with Gasteiger partial charge in [-0.05, 0) is 19.4 Å². The maximum atomic E-state index is 5.58. The van der Waals surface area contributed by atoms with Gasteiger partial charge in [0, 0.05) is 31.1 Å². The van der Waals surface area contributed by atoms with Gasteiger partial charge in [0.1, 0.15) is 0 Å². The number of fused-ring (bicyclic) bond motifs is 1. The summed E-state index contributed by atoms with van der Waals surface area (Å²) in [6.07, 6.45) is 2.77. The van der Waals surface area contributed by atoms with E-state index in [-0.39, 0.29) is 0 Å². The summed E-state index contributed by atoms with van der Waals surface area (Å²) >= 11 is 0. The van der Waals surface area contributed by atoms with Gasteiger partial charge in [0.05, 0.1) is 13.2 Å². The average Bonchev–Trinajstić information content (AvgIpc) is 2.49. The zero-order valence-electron chi connectivity index (χ0n) is 8.04. The molecule has 3 aliphatic rings. The van der Waals surface area contributed by atoms with Gasteiger partial charge in [-0.2, -0.15) is 0 Å². The highest BCUT2D eigenvalue weighted by atomic mass is 16.5. The molecule has 0 aromatic heterocycles. The predicted octanol–water partition coefficient (Wildman–Crippen LogP) is 0.0690. The lowest BCUT2D eigenvalue weighted by Gasteiger charge is -2.45. The number of piperidine rings is 1. The smallest absolute Gasteiger partial charge is 0.0625 e. The molecule has 0 bridgehead atoms. The van der Waals surface area contributed by atoms with Crippen LogP contribution in [0.1, 0.15) is 12.8 Å². The summed E-state index contributed by atoms with van der Waals surface area (Å²) in [7, 11) is 0. The van der Waals surface area contributed by atoms with Crippen molar-refractivity contribution in [2.24, 2.45) is 5.92 Å². The van der Waals surface area contributed by atoms with Crippen molar-refractivity contribution in [2.45, 2.75) is 24.9 Å². The van der Waals surface area contributed by atoms with E-state index in [9.17, 15) is 0 Å². The Morgan fingerprint density at radius 2 is 2.15 bits per heavy atom. The SMILES string of the molecule is C1C[C@H]2COC[C@H]2N(C2CNC2)C1. The van der Waals surface area contributed by atoms with Crippen molar-refractivity contribution in [3.05, 3.63) is 0 Å². The molecule has 0 spiro atoms. The standard InChI is InChI=1S/C10H18N2O/c1-2-8-6-13-7-10(8)12(3-1)9-4-11-5-9/h8-11H,1-7H2/t8-,10+/m0/s1. The highest BCUT2D eigenvalue weighted by Crippen LogP contribution is 2.30. The van der Waals surface area contributed by atoms with Gasteiger partial charge in [0.25, 0.3) is 0 Å². The lowest BCUT2D eigenvalue weighted by atomic mass is 9.90. The summed E-state index contributed by atoms with van der Waals surface area (Å²) in [5.41, 5.74) is 0. The Bertz CT molecular complexity index is 193. The minimum atomic E-state index is 0.751. The van der Waals surface area contributed by atoms with Crippen LogP contribution in [0, 0.1) is 5.92 Å². The number of nitrogens with zero attached hydrogens (tertiary/aromatic N) is 1. The summed E-state index contributed by atoms with van der Waals surface area (Å²) in [6, 6.07) is 1.57. The highest BCUT2D eigenvalue weighted by molar-refractivity contribution is 4.95. The largest absolute Gasteiger partial charge is 0.379 e. The van der Waals surface area contributed by atoms with Crippen LogP contribution in [-0.2, 0) is 4.74 Å². The highest BCUT2D eigenvalue weighted by Gasteiger charge is 2.40. The van der Waals surface area contributed by atoms with Crippen molar-refractivity contribution < 1.29 is 4.74 Å². The number of hydrogen-bond acceptors (Lipinski definition) is 3. The number of hydrogen-bond donors (Lipinski definition) is 1. The molecule has 2 atom stereocenters. The van der Waals surface area contributed by atoms with Crippen molar-refractivity contribution in [3.63, 3.8) is 0 Å². The van der Waals surface area contributed by atoms with E-state index in [1.807, 2.05) is 0 Å². The molecule has 0 aromatic rings. The molecular weight excluding hydrogens is 164 g/mol. The Hall–Kier alpha value is -0.120. The van der Waals surface area contributed by atoms with Crippen LogP contribution in [0.5, 0.6) is 0 Å². The molecule has 0 amide bonds. The van der Waals surface area contributed by atoms with Crippen molar-refractivity contribution in [1.29, 1.82) is 0 Å². The van der Waals surface area contributed by atoms with Gasteiger partial charge >= 0.3 is 0 Å². The van der Waals surface area contributed by atoms with Crippen LogP contribution in [0.2, 0.25) is 0 Å². The van der Waals surface area contributed by atoms with Crippen LogP contribution in [0.25, 0.3) is 0 Å². The number of nitrogens with one attached hydrogen (secondary N) is 1. The van der Waals surface area contributed by atoms with Crippen LogP contribution in [0.15, 0.2) is 0 Å². The maximum absolute atomic E-state index is 5.58. The zero-order chi connectivity index (χ0) is 8.67. The molecule has 74 valence electrons. The first-order valence-electron chi connectivity index (χ1n) is 5.49. The van der Waals surface area contributed by atoms with Crippen LogP contribution in [0.4, 0.5) is 0 Å². The van der Waals surface area contributed by atoms with Crippen molar-refractivity contribution >= 4 is 0 Å². The van der Waals surface area contributed by atoms with Gasteiger partial charge in [0.15, 0.2) is 0 Å². The Morgan fingerprint density at radius 3 is 2.92 bits per heavy atom. The molecule has 3 saturated heterocycles. The van der Waals surface area contributed by atoms with E-state index in [1.165, 1.54) is 32.5 Å². The Balaban J connectivity index is 1.70. The Morgan fingerprint density at radius 1 is 1.23 bits per heavy atom. The summed E-state index contributed by atoms with van der Waals surface area (Å²) in [5, 5.41) is 3.36. The second-order valence-corrected chi connectivity index (χ2v) is 4.56. The van der Waals surface area contributed by atoms with Crippen LogP contribution < -0.4 is 5.32 Å². The molecule has 3 aliphatic heterocycles. The van der Waals surface area contributed by atoms with Gasteiger partial charge in [0.2, 0.25) is 0 Å². The third kappa shape index (κ3) is 1.30. The molecule has 0 aromatic carbocycles. The first-order chi connectivity index (χ1) is 6.45. The number of likely N-dealkylation sites (tertiary alicyclic amines) is 1. The molecule has 0 aliphatic carbocycles. The van der Waals surface area contributed by atoms with E-state index in [2.05, 4.69) is 10.2 Å². The first kappa shape index (κ1) is 8.21. The van der Waals surface area contributed by atoms with E-state index in [0.717, 1.165) is 31.2 Å². The quantitative estimate of drug-likeness (QED) is 0.621. The molecule has 1 N–H and O–H groups in total. The molecule has 3 rings (SSSR count). The molecular formula is C10H18N2O. The molecule has 0 unspecified atom stereocenters. The van der Waals surface area contributed by atoms with E-state index in [1.54, 1.807) is 0 Å². The minimum absolute atomic E-state index is 0.751. The van der Waals surface area contributed by atoms with E-state index in [4.69, 9.17) is 4.74 Å². The fraction of sp³-hybridized carbons (Fsp3) is 1.00. The summed E-state index contributed by atoms with van der Waals surface area (Å²) in [4.78, 5) is 2.69.